The van der Waals surface area contributed by atoms with Crippen LogP contribution in [0.5, 0.6) is 5.88 Å². The van der Waals surface area contributed by atoms with E-state index < -0.39 is 21.2 Å². The van der Waals surface area contributed by atoms with Gasteiger partial charge in [0.05, 0.1) is 31.1 Å². The third kappa shape index (κ3) is 6.72. The monoisotopic (exact) mass is 544 g/mol. The molecule has 0 radical (unpaired) electrons. The van der Waals surface area contributed by atoms with E-state index in [1.807, 2.05) is 31.4 Å². The van der Waals surface area contributed by atoms with Crippen molar-refractivity contribution < 1.29 is 22.6 Å². The number of nitrogens with zero attached hydrogens (tertiary/aromatic N) is 6. The second-order valence-electron chi connectivity index (χ2n) is 9.84. The van der Waals surface area contributed by atoms with Gasteiger partial charge in [-0.1, -0.05) is 6.07 Å². The summed E-state index contributed by atoms with van der Waals surface area (Å²) in [4.78, 5) is 13.2. The molecule has 0 N–H and O–H groups in total. The Kier molecular flexibility index (Phi) is 9.06. The highest BCUT2D eigenvalue weighted by Gasteiger charge is 2.36. The number of hydrogen-bond acceptors (Lipinski definition) is 10. The van der Waals surface area contributed by atoms with Crippen molar-refractivity contribution in [2.24, 2.45) is 0 Å². The number of rotatable bonds is 11. The maximum absolute atomic E-state index is 13.8. The molecule has 3 aromatic heterocycles. The van der Waals surface area contributed by atoms with E-state index in [9.17, 15) is 8.42 Å². The number of ether oxygens (including phenoxy) is 3. The van der Waals surface area contributed by atoms with E-state index in [1.165, 1.54) is 0 Å². The van der Waals surface area contributed by atoms with E-state index >= 15 is 0 Å². The first-order valence-corrected chi connectivity index (χ1v) is 14.6. The highest BCUT2D eigenvalue weighted by atomic mass is 32.2. The summed E-state index contributed by atoms with van der Waals surface area (Å²) in [6.45, 7) is 8.31. The molecule has 1 fully saturated rings. The molecule has 38 heavy (non-hydrogen) atoms. The Hall–Kier alpha value is -2.96. The fourth-order valence-corrected chi connectivity index (χ4v) is 5.75. The van der Waals surface area contributed by atoms with Crippen molar-refractivity contribution in [3.63, 3.8) is 0 Å². The first-order chi connectivity index (χ1) is 18.2. The third-order valence-electron chi connectivity index (χ3n) is 6.45. The minimum atomic E-state index is -3.78. The Bertz CT molecular complexity index is 1310. The zero-order valence-corrected chi connectivity index (χ0v) is 23.4. The van der Waals surface area contributed by atoms with Crippen LogP contribution in [0.3, 0.4) is 0 Å². The second kappa shape index (κ2) is 12.3. The molecule has 1 saturated heterocycles. The average molecular weight is 545 g/mol. The molecule has 0 aromatic carbocycles. The second-order valence-corrected chi connectivity index (χ2v) is 12.2. The minimum Gasteiger partial charge on any atom is -0.481 e. The SMILES string of the molecule is COc1cccc(-c2nnc(CS(=O)(=O)[C@@H](C)[C@@H](OC(C)C)c3ncc(C)cn3)n2C[C@H]2CCCCO2)n1. The third-order valence-corrected chi connectivity index (χ3v) is 8.49. The van der Waals surface area contributed by atoms with E-state index in [4.69, 9.17) is 14.2 Å². The number of hydrogen-bond donors (Lipinski definition) is 0. The molecule has 0 spiro atoms. The van der Waals surface area contributed by atoms with Crippen LogP contribution in [0.1, 0.15) is 63.3 Å². The molecule has 1 aliphatic heterocycles. The molecular formula is C26H36N6O5S. The average Bonchev–Trinajstić information content (AvgIpc) is 3.29. The van der Waals surface area contributed by atoms with Crippen LogP contribution in [0.25, 0.3) is 11.5 Å². The summed E-state index contributed by atoms with van der Waals surface area (Å²) in [6, 6.07) is 5.35. The van der Waals surface area contributed by atoms with Crippen molar-refractivity contribution in [1.29, 1.82) is 0 Å². The minimum absolute atomic E-state index is 0.0685. The number of aryl methyl sites for hydroxylation is 1. The van der Waals surface area contributed by atoms with E-state index in [2.05, 4.69) is 25.1 Å². The standard InChI is InChI=1S/C26H36N6O5S/c1-17(2)37-24(25-27-13-18(3)14-28-25)19(4)38(33,34)16-22-30-31-26(21-10-8-11-23(29-21)35-5)32(22)15-20-9-6-7-12-36-20/h8,10-11,13-14,17,19-20,24H,6-7,9,12,15-16H2,1-5H3/t19-,20+,24+/m0/s1. The molecule has 4 heterocycles. The number of pyridine rings is 1. The largest absolute Gasteiger partial charge is 0.481 e. The van der Waals surface area contributed by atoms with Crippen LogP contribution < -0.4 is 4.74 Å². The van der Waals surface area contributed by atoms with Crippen LogP contribution in [0.4, 0.5) is 0 Å². The Balaban J connectivity index is 1.67. The van der Waals surface area contributed by atoms with Crippen LogP contribution in [0.2, 0.25) is 0 Å². The van der Waals surface area contributed by atoms with Crippen molar-refractivity contribution >= 4 is 9.84 Å². The van der Waals surface area contributed by atoms with E-state index in [-0.39, 0.29) is 18.0 Å². The summed E-state index contributed by atoms with van der Waals surface area (Å²) in [7, 11) is -2.23. The molecule has 3 aromatic rings. The van der Waals surface area contributed by atoms with Crippen molar-refractivity contribution in [2.45, 2.75) is 82.8 Å². The van der Waals surface area contributed by atoms with Crippen LogP contribution in [0, 0.1) is 6.92 Å². The van der Waals surface area contributed by atoms with Gasteiger partial charge in [-0.3, -0.25) is 0 Å². The molecule has 3 atom stereocenters. The molecule has 11 nitrogen and oxygen atoms in total. The molecule has 12 heteroatoms. The van der Waals surface area contributed by atoms with E-state index in [0.29, 0.717) is 42.2 Å². The predicted octanol–water partition coefficient (Wildman–Crippen LogP) is 3.49. The lowest BCUT2D eigenvalue weighted by Crippen LogP contribution is -2.32. The van der Waals surface area contributed by atoms with Crippen molar-refractivity contribution in [1.82, 2.24) is 29.7 Å². The summed E-state index contributed by atoms with van der Waals surface area (Å²) >= 11 is 0. The Morgan fingerprint density at radius 3 is 2.55 bits per heavy atom. The van der Waals surface area contributed by atoms with Gasteiger partial charge in [0.25, 0.3) is 0 Å². The van der Waals surface area contributed by atoms with Crippen LogP contribution in [0.15, 0.2) is 30.6 Å². The highest BCUT2D eigenvalue weighted by molar-refractivity contribution is 7.91. The maximum atomic E-state index is 13.8. The molecule has 0 aliphatic carbocycles. The molecule has 206 valence electrons. The fourth-order valence-electron chi connectivity index (χ4n) is 4.36. The number of methoxy groups -OCH3 is 1. The summed E-state index contributed by atoms with van der Waals surface area (Å²) in [5, 5.41) is 7.73. The van der Waals surface area contributed by atoms with Crippen molar-refractivity contribution in [2.75, 3.05) is 13.7 Å². The summed E-state index contributed by atoms with van der Waals surface area (Å²) < 4.78 is 46.6. The van der Waals surface area contributed by atoms with Gasteiger partial charge in [0.2, 0.25) is 5.88 Å². The Morgan fingerprint density at radius 2 is 1.89 bits per heavy atom. The molecule has 4 rings (SSSR count). The van der Waals surface area contributed by atoms with Gasteiger partial charge in [0, 0.05) is 25.1 Å². The highest BCUT2D eigenvalue weighted by Crippen LogP contribution is 2.29. The molecule has 1 aliphatic rings. The molecule has 0 unspecified atom stereocenters. The lowest BCUT2D eigenvalue weighted by Gasteiger charge is -2.26. The summed E-state index contributed by atoms with van der Waals surface area (Å²) in [6.07, 6.45) is 5.13. The topological polar surface area (TPSA) is 131 Å². The Morgan fingerprint density at radius 1 is 1.13 bits per heavy atom. The molecular weight excluding hydrogens is 508 g/mol. The van der Waals surface area contributed by atoms with Gasteiger partial charge in [-0.05, 0) is 58.6 Å². The molecule has 0 saturated carbocycles. The van der Waals surface area contributed by atoms with Crippen LogP contribution in [-0.4, -0.2) is 69.3 Å². The first kappa shape index (κ1) is 28.1. The quantitative estimate of drug-likeness (QED) is 0.353. The summed E-state index contributed by atoms with van der Waals surface area (Å²) in [5.74, 6) is 1.22. The van der Waals surface area contributed by atoms with Crippen molar-refractivity contribution in [3.8, 4) is 17.4 Å². The summed E-state index contributed by atoms with van der Waals surface area (Å²) in [5.41, 5.74) is 1.42. The maximum Gasteiger partial charge on any atom is 0.213 e. The van der Waals surface area contributed by atoms with Gasteiger partial charge < -0.3 is 18.8 Å². The normalized spacial score (nSPS) is 17.9. The smallest absolute Gasteiger partial charge is 0.213 e. The molecule has 0 amide bonds. The fraction of sp³-hybridized carbons (Fsp3) is 0.577. The predicted molar refractivity (Wildman–Crippen MR) is 141 cm³/mol. The van der Waals surface area contributed by atoms with E-state index in [0.717, 1.165) is 24.8 Å². The van der Waals surface area contributed by atoms with Gasteiger partial charge >= 0.3 is 0 Å². The van der Waals surface area contributed by atoms with Gasteiger partial charge in [-0.25, -0.2) is 23.4 Å². The van der Waals surface area contributed by atoms with Crippen LogP contribution in [-0.2, 0) is 31.6 Å². The number of sulfone groups is 1. The zero-order chi connectivity index (χ0) is 27.3. The van der Waals surface area contributed by atoms with Crippen LogP contribution >= 0.6 is 0 Å². The number of aromatic nitrogens is 6. The van der Waals surface area contributed by atoms with Gasteiger partial charge in [-0.2, -0.15) is 0 Å². The molecule has 0 bridgehead atoms. The van der Waals surface area contributed by atoms with Gasteiger partial charge in [-0.15, -0.1) is 10.2 Å². The van der Waals surface area contributed by atoms with Gasteiger partial charge in [0.1, 0.15) is 23.4 Å². The lowest BCUT2D eigenvalue weighted by molar-refractivity contribution is 0.00131. The van der Waals surface area contributed by atoms with Crippen molar-refractivity contribution in [3.05, 3.63) is 47.8 Å². The Labute approximate surface area is 223 Å². The first-order valence-electron chi connectivity index (χ1n) is 12.9. The van der Waals surface area contributed by atoms with E-state index in [1.54, 1.807) is 38.6 Å². The lowest BCUT2D eigenvalue weighted by atomic mass is 10.1. The zero-order valence-electron chi connectivity index (χ0n) is 22.6. The van der Waals surface area contributed by atoms with Gasteiger partial charge in [0.15, 0.2) is 21.5 Å².